The Balaban J connectivity index is 2.30. The lowest BCUT2D eigenvalue weighted by atomic mass is 10.1. The summed E-state index contributed by atoms with van der Waals surface area (Å²) in [5.74, 6) is -0.530. The molecule has 0 spiro atoms. The van der Waals surface area contributed by atoms with Gasteiger partial charge in [-0.3, -0.25) is 9.78 Å². The van der Waals surface area contributed by atoms with Crippen molar-refractivity contribution in [2.45, 2.75) is 6.18 Å². The average Bonchev–Trinajstić information content (AvgIpc) is 2.46. The lowest BCUT2D eigenvalue weighted by Crippen LogP contribution is -2.16. The van der Waals surface area contributed by atoms with Gasteiger partial charge in [0.25, 0.3) is 5.91 Å². The number of halogens is 3. The number of alkyl halides is 3. The summed E-state index contributed by atoms with van der Waals surface area (Å²) in [5.41, 5.74) is -1.12. The van der Waals surface area contributed by atoms with Gasteiger partial charge in [-0.15, -0.1) is 0 Å². The molecule has 0 aliphatic carbocycles. The maximum absolute atomic E-state index is 12.9. The molecule has 0 saturated carbocycles. The molecule has 5 nitrogen and oxygen atoms in total. The van der Waals surface area contributed by atoms with E-state index < -0.39 is 17.6 Å². The highest BCUT2D eigenvalue weighted by Crippen LogP contribution is 2.35. The number of amides is 1. The second kappa shape index (κ2) is 5.78. The van der Waals surface area contributed by atoms with Gasteiger partial charge in [0, 0.05) is 30.7 Å². The van der Waals surface area contributed by atoms with Gasteiger partial charge in [-0.2, -0.15) is 13.2 Å². The largest absolute Gasteiger partial charge is 0.418 e. The minimum atomic E-state index is -4.55. The summed E-state index contributed by atoms with van der Waals surface area (Å²) in [6.07, 6.45) is -0.480. The third-order valence-corrected chi connectivity index (χ3v) is 2.66. The van der Waals surface area contributed by atoms with Crippen LogP contribution in [0.25, 0.3) is 0 Å². The van der Waals surface area contributed by atoms with Crippen LogP contribution in [0, 0.1) is 0 Å². The summed E-state index contributed by atoms with van der Waals surface area (Å²) < 4.78 is 38.7. The van der Waals surface area contributed by atoms with Gasteiger partial charge in [0.1, 0.15) is 0 Å². The van der Waals surface area contributed by atoms with E-state index in [2.05, 4.69) is 20.6 Å². The van der Waals surface area contributed by atoms with Crippen LogP contribution in [0.1, 0.15) is 15.9 Å². The van der Waals surface area contributed by atoms with Crippen LogP contribution in [-0.4, -0.2) is 22.9 Å². The number of anilines is 2. The SMILES string of the molecule is CNc1ccc(C(=O)Nc2cnccn2)cc1C(F)(F)F. The van der Waals surface area contributed by atoms with Crippen LogP contribution in [0.15, 0.2) is 36.8 Å². The molecule has 8 heteroatoms. The molecule has 1 aromatic carbocycles. The summed E-state index contributed by atoms with van der Waals surface area (Å²) in [6, 6.07) is 3.29. The molecule has 2 N–H and O–H groups in total. The number of nitrogens with one attached hydrogen (secondary N) is 2. The summed E-state index contributed by atoms with van der Waals surface area (Å²) in [6.45, 7) is 0. The normalized spacial score (nSPS) is 11.0. The van der Waals surface area contributed by atoms with Gasteiger partial charge in [0.15, 0.2) is 5.82 Å². The van der Waals surface area contributed by atoms with Crippen molar-refractivity contribution in [3.05, 3.63) is 47.9 Å². The summed E-state index contributed by atoms with van der Waals surface area (Å²) in [4.78, 5) is 19.5. The third-order valence-electron chi connectivity index (χ3n) is 2.66. The molecule has 0 saturated heterocycles. The van der Waals surface area contributed by atoms with E-state index in [9.17, 15) is 18.0 Å². The fourth-order valence-corrected chi connectivity index (χ4v) is 1.69. The van der Waals surface area contributed by atoms with Crippen LogP contribution >= 0.6 is 0 Å². The maximum Gasteiger partial charge on any atom is 0.418 e. The molecular weight excluding hydrogens is 285 g/mol. The molecule has 0 atom stereocenters. The highest BCUT2D eigenvalue weighted by Gasteiger charge is 2.34. The molecule has 0 radical (unpaired) electrons. The lowest BCUT2D eigenvalue weighted by molar-refractivity contribution is -0.136. The fourth-order valence-electron chi connectivity index (χ4n) is 1.69. The fraction of sp³-hybridized carbons (Fsp3) is 0.154. The first-order chi connectivity index (χ1) is 9.91. The molecule has 2 rings (SSSR count). The summed E-state index contributed by atoms with van der Waals surface area (Å²) in [5, 5.41) is 4.82. The predicted molar refractivity (Wildman–Crippen MR) is 71.0 cm³/mol. The second-order valence-corrected chi connectivity index (χ2v) is 4.05. The Kier molecular flexibility index (Phi) is 4.06. The Labute approximate surface area is 118 Å². The average molecular weight is 296 g/mol. The number of benzene rings is 1. The van der Waals surface area contributed by atoms with Gasteiger partial charge in [-0.05, 0) is 18.2 Å². The molecule has 0 bridgehead atoms. The first kappa shape index (κ1) is 14.8. The Hall–Kier alpha value is -2.64. The highest BCUT2D eigenvalue weighted by molar-refractivity contribution is 6.04. The van der Waals surface area contributed by atoms with Crippen molar-refractivity contribution in [3.8, 4) is 0 Å². The first-order valence-electron chi connectivity index (χ1n) is 5.88. The van der Waals surface area contributed by atoms with Crippen LogP contribution < -0.4 is 10.6 Å². The number of aromatic nitrogens is 2. The number of carbonyl (C=O) groups excluding carboxylic acids is 1. The van der Waals surface area contributed by atoms with Crippen molar-refractivity contribution in [2.24, 2.45) is 0 Å². The molecule has 2 aromatic rings. The third kappa shape index (κ3) is 3.47. The molecule has 0 unspecified atom stereocenters. The zero-order chi connectivity index (χ0) is 15.5. The van der Waals surface area contributed by atoms with Gasteiger partial charge < -0.3 is 10.6 Å². The predicted octanol–water partition coefficient (Wildman–Crippen LogP) is 2.79. The number of hydrogen-bond acceptors (Lipinski definition) is 4. The summed E-state index contributed by atoms with van der Waals surface area (Å²) in [7, 11) is 1.38. The molecule has 1 aromatic heterocycles. The minimum absolute atomic E-state index is 0.0986. The molecule has 0 aliphatic heterocycles. The number of nitrogens with zero attached hydrogens (tertiary/aromatic N) is 2. The van der Waals surface area contributed by atoms with Crippen molar-refractivity contribution < 1.29 is 18.0 Å². The van der Waals surface area contributed by atoms with Crippen LogP contribution in [0.5, 0.6) is 0 Å². The Bertz CT molecular complexity index is 644. The number of rotatable bonds is 3. The van der Waals surface area contributed by atoms with E-state index in [0.29, 0.717) is 0 Å². The van der Waals surface area contributed by atoms with E-state index in [-0.39, 0.29) is 17.1 Å². The second-order valence-electron chi connectivity index (χ2n) is 4.05. The molecule has 0 fully saturated rings. The van der Waals surface area contributed by atoms with E-state index in [1.54, 1.807) is 0 Å². The minimum Gasteiger partial charge on any atom is -0.388 e. The van der Waals surface area contributed by atoms with E-state index in [0.717, 1.165) is 6.07 Å². The highest BCUT2D eigenvalue weighted by atomic mass is 19.4. The zero-order valence-electron chi connectivity index (χ0n) is 10.9. The van der Waals surface area contributed by atoms with Crippen LogP contribution in [-0.2, 0) is 6.18 Å². The van der Waals surface area contributed by atoms with Crippen molar-refractivity contribution in [3.63, 3.8) is 0 Å². The lowest BCUT2D eigenvalue weighted by Gasteiger charge is -2.14. The Morgan fingerprint density at radius 2 is 2.00 bits per heavy atom. The first-order valence-corrected chi connectivity index (χ1v) is 5.88. The smallest absolute Gasteiger partial charge is 0.388 e. The van der Waals surface area contributed by atoms with E-state index >= 15 is 0 Å². The monoisotopic (exact) mass is 296 g/mol. The number of carbonyl (C=O) groups is 1. The molecule has 21 heavy (non-hydrogen) atoms. The summed E-state index contributed by atoms with van der Waals surface area (Å²) >= 11 is 0. The van der Waals surface area contributed by atoms with Crippen molar-refractivity contribution in [1.29, 1.82) is 0 Å². The van der Waals surface area contributed by atoms with Crippen molar-refractivity contribution in [1.82, 2.24) is 9.97 Å². The van der Waals surface area contributed by atoms with Gasteiger partial charge in [0.05, 0.1) is 11.8 Å². The van der Waals surface area contributed by atoms with Gasteiger partial charge in [0.2, 0.25) is 0 Å². The number of hydrogen-bond donors (Lipinski definition) is 2. The van der Waals surface area contributed by atoms with E-state index in [1.807, 2.05) is 0 Å². The zero-order valence-corrected chi connectivity index (χ0v) is 10.9. The molecule has 1 heterocycles. The van der Waals surface area contributed by atoms with Gasteiger partial charge in [-0.25, -0.2) is 4.98 Å². The van der Waals surface area contributed by atoms with Crippen LogP contribution in [0.2, 0.25) is 0 Å². The van der Waals surface area contributed by atoms with Crippen molar-refractivity contribution >= 4 is 17.4 Å². The maximum atomic E-state index is 12.9. The molecular formula is C13H11F3N4O. The van der Waals surface area contributed by atoms with Gasteiger partial charge >= 0.3 is 6.18 Å². The standard InChI is InChI=1S/C13H11F3N4O/c1-17-10-3-2-8(6-9(10)13(14,15)16)12(21)20-11-7-18-4-5-19-11/h2-7,17H,1H3,(H,19,20,21). The van der Waals surface area contributed by atoms with Crippen molar-refractivity contribution in [2.75, 3.05) is 17.7 Å². The van der Waals surface area contributed by atoms with E-state index in [1.165, 1.54) is 37.8 Å². The van der Waals surface area contributed by atoms with Gasteiger partial charge in [-0.1, -0.05) is 0 Å². The molecule has 0 aliphatic rings. The van der Waals surface area contributed by atoms with E-state index in [4.69, 9.17) is 0 Å². The van der Waals surface area contributed by atoms with Crippen LogP contribution in [0.4, 0.5) is 24.7 Å². The Morgan fingerprint density at radius 3 is 2.57 bits per heavy atom. The topological polar surface area (TPSA) is 66.9 Å². The quantitative estimate of drug-likeness (QED) is 0.914. The molecule has 1 amide bonds. The van der Waals surface area contributed by atoms with Crippen LogP contribution in [0.3, 0.4) is 0 Å². The Morgan fingerprint density at radius 1 is 1.24 bits per heavy atom. The molecule has 110 valence electrons.